The number of hydrogen-bond acceptors (Lipinski definition) is 3. The average molecular weight is 243 g/mol. The Morgan fingerprint density at radius 1 is 1.22 bits per heavy atom. The first-order chi connectivity index (χ1) is 8.61. The molecule has 2 aromatic rings. The van der Waals surface area contributed by atoms with E-state index >= 15 is 0 Å². The van der Waals surface area contributed by atoms with Crippen molar-refractivity contribution in [2.24, 2.45) is 0 Å². The van der Waals surface area contributed by atoms with Crippen LogP contribution >= 0.6 is 0 Å². The van der Waals surface area contributed by atoms with Crippen LogP contribution < -0.4 is 5.32 Å². The van der Waals surface area contributed by atoms with Gasteiger partial charge in [0, 0.05) is 12.1 Å². The highest BCUT2D eigenvalue weighted by Gasteiger charge is 2.16. The molecule has 0 heterocycles. The fourth-order valence-corrected chi connectivity index (χ4v) is 2.00. The van der Waals surface area contributed by atoms with Crippen LogP contribution in [0.25, 0.3) is 10.8 Å². The van der Waals surface area contributed by atoms with Gasteiger partial charge in [0.15, 0.2) is 5.78 Å². The summed E-state index contributed by atoms with van der Waals surface area (Å²) in [7, 11) is 1.71. The van der Waals surface area contributed by atoms with Crippen LogP contribution in [0.3, 0.4) is 0 Å². The van der Waals surface area contributed by atoms with Gasteiger partial charge in [-0.15, -0.1) is 0 Å². The number of carbonyl (C=O) groups excluding carboxylic acids is 1. The van der Waals surface area contributed by atoms with Gasteiger partial charge in [0.1, 0.15) is 6.10 Å². The van der Waals surface area contributed by atoms with Crippen LogP contribution in [-0.4, -0.2) is 30.6 Å². The standard InChI is InChI=1S/C15H17NO2/c1-10-3-4-12-8-13(6-5-11(12)7-10)15(18)14(17)9-16-2/h3-8,14,16-17H,9H2,1-2H3. The Hall–Kier alpha value is -1.71. The second kappa shape index (κ2) is 5.29. The van der Waals surface area contributed by atoms with Gasteiger partial charge in [0.25, 0.3) is 0 Å². The molecule has 0 aromatic heterocycles. The van der Waals surface area contributed by atoms with Crippen molar-refractivity contribution < 1.29 is 9.90 Å². The zero-order valence-corrected chi connectivity index (χ0v) is 10.6. The average Bonchev–Trinajstić information content (AvgIpc) is 2.37. The highest BCUT2D eigenvalue weighted by molar-refractivity contribution is 6.02. The number of ketones is 1. The number of likely N-dealkylation sites (N-methyl/N-ethyl adjacent to an activating group) is 1. The van der Waals surface area contributed by atoms with Crippen molar-refractivity contribution in [1.29, 1.82) is 0 Å². The lowest BCUT2D eigenvalue weighted by molar-refractivity contribution is 0.0750. The molecule has 0 amide bonds. The third-order valence-electron chi connectivity index (χ3n) is 2.98. The third kappa shape index (κ3) is 2.58. The van der Waals surface area contributed by atoms with E-state index in [-0.39, 0.29) is 12.3 Å². The first-order valence-electron chi connectivity index (χ1n) is 5.99. The molecular weight excluding hydrogens is 226 g/mol. The minimum Gasteiger partial charge on any atom is -0.384 e. The summed E-state index contributed by atoms with van der Waals surface area (Å²) in [6, 6.07) is 11.6. The van der Waals surface area contributed by atoms with Gasteiger partial charge >= 0.3 is 0 Å². The molecule has 2 aromatic carbocycles. The summed E-state index contributed by atoms with van der Waals surface area (Å²) in [6.07, 6.45) is -0.988. The van der Waals surface area contributed by atoms with Crippen molar-refractivity contribution in [3.8, 4) is 0 Å². The maximum atomic E-state index is 12.0. The minimum absolute atomic E-state index is 0.244. The Balaban J connectivity index is 2.35. The van der Waals surface area contributed by atoms with Gasteiger partial charge < -0.3 is 10.4 Å². The number of hydrogen-bond donors (Lipinski definition) is 2. The number of aliphatic hydroxyl groups is 1. The van der Waals surface area contributed by atoms with Gasteiger partial charge in [-0.05, 0) is 30.8 Å². The lowest BCUT2D eigenvalue weighted by atomic mass is 10.0. The predicted octanol–water partition coefficient (Wildman–Crippen LogP) is 1.91. The van der Waals surface area contributed by atoms with E-state index in [0.717, 1.165) is 10.8 Å². The topological polar surface area (TPSA) is 49.3 Å². The second-order valence-corrected chi connectivity index (χ2v) is 4.50. The second-order valence-electron chi connectivity index (χ2n) is 4.50. The smallest absolute Gasteiger partial charge is 0.192 e. The molecule has 0 radical (unpaired) electrons. The molecule has 3 nitrogen and oxygen atoms in total. The van der Waals surface area contributed by atoms with E-state index in [4.69, 9.17) is 0 Å². The molecule has 3 heteroatoms. The van der Waals surface area contributed by atoms with Crippen molar-refractivity contribution >= 4 is 16.6 Å². The Labute approximate surface area is 106 Å². The van der Waals surface area contributed by atoms with Crippen LogP contribution in [0.2, 0.25) is 0 Å². The molecule has 2 N–H and O–H groups in total. The van der Waals surface area contributed by atoms with Crippen LogP contribution in [0.15, 0.2) is 36.4 Å². The van der Waals surface area contributed by atoms with E-state index in [9.17, 15) is 9.90 Å². The van der Waals surface area contributed by atoms with Crippen LogP contribution in [0.1, 0.15) is 15.9 Å². The minimum atomic E-state index is -0.988. The van der Waals surface area contributed by atoms with Gasteiger partial charge in [-0.2, -0.15) is 0 Å². The van der Waals surface area contributed by atoms with Crippen LogP contribution in [0.4, 0.5) is 0 Å². The van der Waals surface area contributed by atoms with Crippen molar-refractivity contribution in [2.45, 2.75) is 13.0 Å². The molecule has 2 rings (SSSR count). The van der Waals surface area contributed by atoms with Crippen LogP contribution in [0, 0.1) is 6.92 Å². The third-order valence-corrected chi connectivity index (χ3v) is 2.98. The van der Waals surface area contributed by atoms with E-state index in [1.165, 1.54) is 5.56 Å². The molecule has 0 aliphatic heterocycles. The first kappa shape index (κ1) is 12.7. The van der Waals surface area contributed by atoms with Gasteiger partial charge in [0.2, 0.25) is 0 Å². The zero-order valence-electron chi connectivity index (χ0n) is 10.6. The SMILES string of the molecule is CNCC(O)C(=O)c1ccc2cc(C)ccc2c1. The van der Waals surface area contributed by atoms with Crippen molar-refractivity contribution in [3.63, 3.8) is 0 Å². The normalized spacial score (nSPS) is 12.6. The molecule has 1 unspecified atom stereocenters. The number of fused-ring (bicyclic) bond motifs is 1. The molecule has 0 aliphatic rings. The summed E-state index contributed by atoms with van der Waals surface area (Å²) < 4.78 is 0. The molecule has 0 saturated heterocycles. The van der Waals surface area contributed by atoms with Crippen molar-refractivity contribution in [1.82, 2.24) is 5.32 Å². The summed E-state index contributed by atoms with van der Waals surface area (Å²) in [6.45, 7) is 2.31. The first-order valence-corrected chi connectivity index (χ1v) is 5.99. The number of aliphatic hydroxyl groups excluding tert-OH is 1. The Morgan fingerprint density at radius 2 is 1.89 bits per heavy atom. The number of benzene rings is 2. The summed E-state index contributed by atoms with van der Waals surface area (Å²) in [5.41, 5.74) is 1.74. The van der Waals surface area contributed by atoms with E-state index in [0.29, 0.717) is 5.56 Å². The lowest BCUT2D eigenvalue weighted by Crippen LogP contribution is -2.31. The van der Waals surface area contributed by atoms with E-state index in [1.54, 1.807) is 13.1 Å². The molecule has 0 spiro atoms. The molecule has 0 fully saturated rings. The van der Waals surface area contributed by atoms with Gasteiger partial charge in [-0.1, -0.05) is 35.9 Å². The maximum absolute atomic E-state index is 12.0. The van der Waals surface area contributed by atoms with Crippen molar-refractivity contribution in [3.05, 3.63) is 47.5 Å². The van der Waals surface area contributed by atoms with Crippen molar-refractivity contribution in [2.75, 3.05) is 13.6 Å². The molecule has 1 atom stereocenters. The predicted molar refractivity (Wildman–Crippen MR) is 72.9 cm³/mol. The molecule has 0 bridgehead atoms. The highest BCUT2D eigenvalue weighted by Crippen LogP contribution is 2.18. The Kier molecular flexibility index (Phi) is 3.75. The maximum Gasteiger partial charge on any atom is 0.192 e. The Bertz CT molecular complexity index is 578. The highest BCUT2D eigenvalue weighted by atomic mass is 16.3. The largest absolute Gasteiger partial charge is 0.384 e. The quantitative estimate of drug-likeness (QED) is 0.806. The molecule has 94 valence electrons. The molecular formula is C15H17NO2. The van der Waals surface area contributed by atoms with Crippen LogP contribution in [0.5, 0.6) is 0 Å². The summed E-state index contributed by atoms with van der Waals surface area (Å²) in [5.74, 6) is -0.244. The zero-order chi connectivity index (χ0) is 13.1. The molecule has 0 saturated carbocycles. The fourth-order valence-electron chi connectivity index (χ4n) is 2.00. The fraction of sp³-hybridized carbons (Fsp3) is 0.267. The van der Waals surface area contributed by atoms with Gasteiger partial charge in [0.05, 0.1) is 0 Å². The van der Waals surface area contributed by atoms with Gasteiger partial charge in [-0.25, -0.2) is 0 Å². The molecule has 18 heavy (non-hydrogen) atoms. The number of nitrogens with one attached hydrogen (secondary N) is 1. The summed E-state index contributed by atoms with van der Waals surface area (Å²) in [5, 5.41) is 14.6. The number of carbonyl (C=O) groups is 1. The molecule has 0 aliphatic carbocycles. The van der Waals surface area contributed by atoms with E-state index in [1.807, 2.05) is 31.2 Å². The Morgan fingerprint density at radius 3 is 2.61 bits per heavy atom. The lowest BCUT2D eigenvalue weighted by Gasteiger charge is -2.09. The van der Waals surface area contributed by atoms with E-state index < -0.39 is 6.10 Å². The number of Topliss-reactive ketones (excluding diaryl/α,β-unsaturated/α-hetero) is 1. The summed E-state index contributed by atoms with van der Waals surface area (Å²) in [4.78, 5) is 12.0. The number of aryl methyl sites for hydroxylation is 1. The number of rotatable bonds is 4. The summed E-state index contributed by atoms with van der Waals surface area (Å²) >= 11 is 0. The monoisotopic (exact) mass is 243 g/mol. The van der Waals surface area contributed by atoms with Gasteiger partial charge in [-0.3, -0.25) is 4.79 Å². The van der Waals surface area contributed by atoms with E-state index in [2.05, 4.69) is 11.4 Å². The van der Waals surface area contributed by atoms with Crippen LogP contribution in [-0.2, 0) is 0 Å².